The maximum Gasteiger partial charge on any atom is 0.233 e. The van der Waals surface area contributed by atoms with Gasteiger partial charge in [0.1, 0.15) is 0 Å². The zero-order chi connectivity index (χ0) is 6.57. The van der Waals surface area contributed by atoms with E-state index in [1.807, 2.05) is 0 Å². The molecular formula is C2H3B2NO3. The molecule has 6 heteroatoms. The number of carbonyl (C=O) groups is 2. The third-order valence-corrected chi connectivity index (χ3v) is 0.390. The van der Waals surface area contributed by atoms with Gasteiger partial charge >= 0.3 is 0 Å². The Morgan fingerprint density at radius 2 is 1.88 bits per heavy atom. The molecule has 0 aliphatic rings. The Bertz CT molecular complexity index is 99.9. The van der Waals surface area contributed by atoms with Gasteiger partial charge in [0.05, 0.1) is 0 Å². The summed E-state index contributed by atoms with van der Waals surface area (Å²) >= 11 is 0. The van der Waals surface area contributed by atoms with E-state index >= 15 is 0 Å². The fraction of sp³-hybridized carbons (Fsp3) is 0. The van der Waals surface area contributed by atoms with Gasteiger partial charge in [-0.1, -0.05) is 0 Å². The van der Waals surface area contributed by atoms with Crippen LogP contribution in [-0.2, 0) is 0 Å². The van der Waals surface area contributed by atoms with Gasteiger partial charge in [0.15, 0.2) is 5.81 Å². The third kappa shape index (κ3) is 5.07. The predicted octanol–water partition coefficient (Wildman–Crippen LogP) is -0.933. The number of carboxylic acid groups (broad SMARTS) is 1. The molecular weight excluding hydrogens is 108 g/mol. The SMILES string of the molecule is NC(=O)[B][B]C(=O)O. The van der Waals surface area contributed by atoms with Crippen LogP contribution in [0.25, 0.3) is 0 Å². The van der Waals surface area contributed by atoms with Crippen molar-refractivity contribution in [1.29, 1.82) is 0 Å². The first-order valence-corrected chi connectivity index (χ1v) is 1.83. The molecule has 4 nitrogen and oxygen atoms in total. The number of hydrogen-bond donors (Lipinski definition) is 2. The Morgan fingerprint density at radius 1 is 1.38 bits per heavy atom. The molecule has 8 heavy (non-hydrogen) atoms. The lowest BCUT2D eigenvalue weighted by Crippen LogP contribution is -2.27. The smallest absolute Gasteiger partial charge is 0.233 e. The zero-order valence-electron chi connectivity index (χ0n) is 4.00. The molecule has 1 amide bonds. The Hall–Kier alpha value is -0.930. The summed E-state index contributed by atoms with van der Waals surface area (Å²) < 4.78 is 0. The van der Waals surface area contributed by atoms with Gasteiger partial charge in [-0.15, -0.1) is 0 Å². The molecule has 3 N–H and O–H groups in total. The van der Waals surface area contributed by atoms with E-state index < -0.39 is 11.7 Å². The maximum atomic E-state index is 9.78. The number of rotatable bonds is 3. The molecule has 0 aromatic carbocycles. The molecule has 0 spiro atoms. The Labute approximate surface area is 47.5 Å². The van der Waals surface area contributed by atoms with Gasteiger partial charge in [0.25, 0.3) is 0 Å². The fourth-order valence-electron chi connectivity index (χ4n) is 0.153. The van der Waals surface area contributed by atoms with Crippen molar-refractivity contribution in [1.82, 2.24) is 0 Å². The first-order chi connectivity index (χ1) is 3.63. The molecule has 0 aromatic rings. The number of hydrogen-bond acceptors (Lipinski definition) is 2. The molecule has 0 saturated carbocycles. The van der Waals surface area contributed by atoms with Crippen LogP contribution >= 0.6 is 0 Å². The number of carbonyl (C=O) groups excluding carboxylic acids is 1. The third-order valence-electron chi connectivity index (χ3n) is 0.390. The number of primary amides is 1. The van der Waals surface area contributed by atoms with Crippen LogP contribution in [0.5, 0.6) is 0 Å². The van der Waals surface area contributed by atoms with Crippen LogP contribution in [0.1, 0.15) is 0 Å². The van der Waals surface area contributed by atoms with E-state index in [1.165, 1.54) is 0 Å². The molecule has 0 fully saturated rings. The minimum atomic E-state index is -1.18. The molecule has 0 heterocycles. The van der Waals surface area contributed by atoms with Crippen molar-refractivity contribution in [3.63, 3.8) is 0 Å². The first-order valence-electron chi connectivity index (χ1n) is 1.83. The van der Waals surface area contributed by atoms with Crippen molar-refractivity contribution < 1.29 is 14.7 Å². The second-order valence-electron chi connectivity index (χ2n) is 1.07. The zero-order valence-corrected chi connectivity index (χ0v) is 4.00. The molecule has 0 rings (SSSR count). The van der Waals surface area contributed by atoms with Crippen molar-refractivity contribution in [3.05, 3.63) is 0 Å². The Balaban J connectivity index is 3.18. The first kappa shape index (κ1) is 7.07. The van der Waals surface area contributed by atoms with E-state index in [1.54, 1.807) is 0 Å². The van der Waals surface area contributed by atoms with Crippen molar-refractivity contribution in [2.24, 2.45) is 5.73 Å². The fourth-order valence-corrected chi connectivity index (χ4v) is 0.153. The van der Waals surface area contributed by atoms with Crippen LogP contribution in [0.4, 0.5) is 9.59 Å². The summed E-state index contributed by atoms with van der Waals surface area (Å²) in [6.07, 6.45) is 0. The van der Waals surface area contributed by atoms with Crippen LogP contribution in [0.15, 0.2) is 0 Å². The second kappa shape index (κ2) is 3.12. The van der Waals surface area contributed by atoms with Crippen molar-refractivity contribution >= 4 is 26.0 Å². The summed E-state index contributed by atoms with van der Waals surface area (Å²) in [7, 11) is 1.46. The topological polar surface area (TPSA) is 80.4 Å². The summed E-state index contributed by atoms with van der Waals surface area (Å²) in [6, 6.07) is 0. The van der Waals surface area contributed by atoms with E-state index in [0.717, 1.165) is 7.17 Å². The minimum Gasteiger partial charge on any atom is -0.490 e. The number of nitrogens with two attached hydrogens (primary N) is 1. The van der Waals surface area contributed by atoms with Crippen molar-refractivity contribution in [3.8, 4) is 0 Å². The van der Waals surface area contributed by atoms with Crippen molar-refractivity contribution in [2.45, 2.75) is 0 Å². The molecule has 0 aliphatic heterocycles. The van der Waals surface area contributed by atoms with Crippen LogP contribution in [0.2, 0.25) is 0 Å². The molecule has 0 unspecified atom stereocenters. The largest absolute Gasteiger partial charge is 0.490 e. The lowest BCUT2D eigenvalue weighted by atomic mass is 9.39. The van der Waals surface area contributed by atoms with Crippen LogP contribution < -0.4 is 5.73 Å². The highest BCUT2D eigenvalue weighted by Crippen LogP contribution is 1.62. The van der Waals surface area contributed by atoms with E-state index in [2.05, 4.69) is 5.73 Å². The van der Waals surface area contributed by atoms with Crippen LogP contribution in [0.3, 0.4) is 0 Å². The highest BCUT2D eigenvalue weighted by Gasteiger charge is 2.04. The summed E-state index contributed by atoms with van der Waals surface area (Å²) in [6.45, 7) is 0. The van der Waals surface area contributed by atoms with Crippen molar-refractivity contribution in [2.75, 3.05) is 0 Å². The molecule has 0 aromatic heterocycles. The van der Waals surface area contributed by atoms with E-state index in [9.17, 15) is 9.59 Å². The van der Waals surface area contributed by atoms with Gasteiger partial charge in [-0.25, -0.2) is 0 Å². The highest BCUT2D eigenvalue weighted by molar-refractivity contribution is 7.26. The van der Waals surface area contributed by atoms with Gasteiger partial charge < -0.3 is 10.8 Å². The normalized spacial score (nSPS) is 7.50. The quantitative estimate of drug-likeness (QED) is 0.461. The number of amides is 1. The van der Waals surface area contributed by atoms with E-state index in [-0.39, 0.29) is 0 Å². The van der Waals surface area contributed by atoms with Gasteiger partial charge in [0.2, 0.25) is 20.2 Å². The van der Waals surface area contributed by atoms with Gasteiger partial charge in [-0.3, -0.25) is 9.59 Å². The predicted molar refractivity (Wildman–Crippen MR) is 29.1 cm³/mol. The molecule has 0 bridgehead atoms. The van der Waals surface area contributed by atoms with Gasteiger partial charge in [0, 0.05) is 0 Å². The summed E-state index contributed by atoms with van der Waals surface area (Å²) in [4.78, 5) is 19.4. The molecule has 40 valence electrons. The monoisotopic (exact) mass is 111 g/mol. The molecule has 0 saturated heterocycles. The molecule has 2 radical (unpaired) electrons. The minimum absolute atomic E-state index is 0.683. The second-order valence-corrected chi connectivity index (χ2v) is 1.07. The van der Waals surface area contributed by atoms with E-state index in [4.69, 9.17) is 5.11 Å². The van der Waals surface area contributed by atoms with Crippen LogP contribution in [0, 0.1) is 0 Å². The standard InChI is InChI=1S/C2H3B2NO3/c5-1(6)3-4-2(7)8/h(H2,5,6)(H,7,8). The average Bonchev–Trinajstić information content (AvgIpc) is 1.61. The highest BCUT2D eigenvalue weighted by atomic mass is 16.4. The van der Waals surface area contributed by atoms with E-state index in [0.29, 0.717) is 7.17 Å². The lowest BCUT2D eigenvalue weighted by Gasteiger charge is -1.82. The van der Waals surface area contributed by atoms with Crippen LogP contribution in [-0.4, -0.2) is 31.1 Å². The van der Waals surface area contributed by atoms with Gasteiger partial charge in [-0.2, -0.15) is 0 Å². The summed E-state index contributed by atoms with van der Waals surface area (Å²) in [5.74, 6) is -1.93. The van der Waals surface area contributed by atoms with Gasteiger partial charge in [-0.05, 0) is 0 Å². The molecule has 0 atom stereocenters. The summed E-state index contributed by atoms with van der Waals surface area (Å²) in [5.41, 5.74) is 4.55. The summed E-state index contributed by atoms with van der Waals surface area (Å²) in [5, 5.41) is 7.87. The Morgan fingerprint density at radius 3 is 2.00 bits per heavy atom. The maximum absolute atomic E-state index is 9.78. The Kier molecular flexibility index (Phi) is 2.76. The molecule has 0 aliphatic carbocycles. The lowest BCUT2D eigenvalue weighted by molar-refractivity contribution is 0.220. The average molecular weight is 111 g/mol.